The van der Waals surface area contributed by atoms with Crippen molar-refractivity contribution in [2.24, 2.45) is 0 Å². The molecular formula is C13H17FN2. The van der Waals surface area contributed by atoms with Crippen molar-refractivity contribution < 1.29 is 4.39 Å². The maximum Gasteiger partial charge on any atom is 0.127 e. The molecular weight excluding hydrogens is 203 g/mol. The Labute approximate surface area is 96.3 Å². The Balaban J connectivity index is 2.32. The molecule has 0 spiro atoms. The van der Waals surface area contributed by atoms with Gasteiger partial charge in [-0.15, -0.1) is 0 Å². The highest BCUT2D eigenvalue weighted by atomic mass is 19.1. The number of nitriles is 1. The standard InChI is InChI=1S/C13H17FN2/c1-16(10-6-2-5-9-15)11-12-7-3-4-8-13(12)14/h3-4,7-8H,2,5-6,10-11H2,1H3. The molecule has 86 valence electrons. The van der Waals surface area contributed by atoms with Gasteiger partial charge in [0.05, 0.1) is 6.07 Å². The first-order valence-electron chi connectivity index (χ1n) is 5.53. The Hall–Kier alpha value is -1.40. The summed E-state index contributed by atoms with van der Waals surface area (Å²) < 4.78 is 13.3. The largest absolute Gasteiger partial charge is 0.302 e. The Morgan fingerprint density at radius 3 is 2.75 bits per heavy atom. The molecule has 1 rings (SSSR count). The van der Waals surface area contributed by atoms with Crippen LogP contribution in [0, 0.1) is 17.1 Å². The van der Waals surface area contributed by atoms with Crippen LogP contribution in [0.2, 0.25) is 0 Å². The molecule has 2 nitrogen and oxygen atoms in total. The Bertz CT molecular complexity index is 357. The molecule has 1 aromatic carbocycles. The highest BCUT2D eigenvalue weighted by Gasteiger charge is 2.04. The van der Waals surface area contributed by atoms with E-state index in [1.165, 1.54) is 6.07 Å². The van der Waals surface area contributed by atoms with Gasteiger partial charge in [-0.25, -0.2) is 4.39 Å². The molecule has 0 atom stereocenters. The van der Waals surface area contributed by atoms with Crippen LogP contribution in [0.1, 0.15) is 24.8 Å². The average Bonchev–Trinajstić information content (AvgIpc) is 2.28. The minimum atomic E-state index is -0.147. The third-order valence-electron chi connectivity index (χ3n) is 2.48. The lowest BCUT2D eigenvalue weighted by atomic mass is 10.2. The van der Waals surface area contributed by atoms with Crippen LogP contribution in [-0.4, -0.2) is 18.5 Å². The van der Waals surface area contributed by atoms with Crippen molar-refractivity contribution in [3.05, 3.63) is 35.6 Å². The molecule has 0 aliphatic heterocycles. The molecule has 0 aliphatic rings. The molecule has 16 heavy (non-hydrogen) atoms. The van der Waals surface area contributed by atoms with Crippen molar-refractivity contribution >= 4 is 0 Å². The van der Waals surface area contributed by atoms with E-state index in [1.807, 2.05) is 13.1 Å². The van der Waals surface area contributed by atoms with Crippen molar-refractivity contribution in [1.82, 2.24) is 4.90 Å². The number of rotatable bonds is 6. The summed E-state index contributed by atoms with van der Waals surface area (Å²) in [6.45, 7) is 1.52. The summed E-state index contributed by atoms with van der Waals surface area (Å²) in [4.78, 5) is 2.08. The first-order valence-corrected chi connectivity index (χ1v) is 5.53. The Morgan fingerprint density at radius 2 is 2.06 bits per heavy atom. The second kappa shape index (κ2) is 6.97. The number of halogens is 1. The smallest absolute Gasteiger partial charge is 0.127 e. The summed E-state index contributed by atoms with van der Waals surface area (Å²) in [5.41, 5.74) is 0.727. The van der Waals surface area contributed by atoms with Gasteiger partial charge in [-0.1, -0.05) is 18.2 Å². The van der Waals surface area contributed by atoms with Gasteiger partial charge in [-0.3, -0.25) is 0 Å². The molecule has 1 aromatic rings. The van der Waals surface area contributed by atoms with Gasteiger partial charge in [0.2, 0.25) is 0 Å². The summed E-state index contributed by atoms with van der Waals surface area (Å²) >= 11 is 0. The van der Waals surface area contributed by atoms with Gasteiger partial charge in [0.25, 0.3) is 0 Å². The summed E-state index contributed by atoms with van der Waals surface area (Å²) in [5, 5.41) is 8.39. The van der Waals surface area contributed by atoms with Gasteiger partial charge in [-0.05, 0) is 32.5 Å². The molecule has 0 aliphatic carbocycles. The minimum Gasteiger partial charge on any atom is -0.302 e. The van der Waals surface area contributed by atoms with E-state index in [0.717, 1.165) is 24.9 Å². The van der Waals surface area contributed by atoms with Crippen molar-refractivity contribution in [3.8, 4) is 6.07 Å². The summed E-state index contributed by atoms with van der Waals surface area (Å²) in [7, 11) is 1.97. The van der Waals surface area contributed by atoms with Crippen molar-refractivity contribution in [3.63, 3.8) is 0 Å². The number of hydrogen-bond donors (Lipinski definition) is 0. The van der Waals surface area contributed by atoms with Crippen LogP contribution in [0.25, 0.3) is 0 Å². The Kier molecular flexibility index (Phi) is 5.52. The number of hydrogen-bond acceptors (Lipinski definition) is 2. The Morgan fingerprint density at radius 1 is 1.31 bits per heavy atom. The van der Waals surface area contributed by atoms with E-state index in [9.17, 15) is 4.39 Å². The highest BCUT2D eigenvalue weighted by molar-refractivity contribution is 5.16. The second-order valence-corrected chi connectivity index (χ2v) is 3.94. The third-order valence-corrected chi connectivity index (χ3v) is 2.48. The van der Waals surface area contributed by atoms with Gasteiger partial charge < -0.3 is 4.90 Å². The van der Waals surface area contributed by atoms with Crippen molar-refractivity contribution in [2.75, 3.05) is 13.6 Å². The molecule has 0 N–H and O–H groups in total. The van der Waals surface area contributed by atoms with Gasteiger partial charge in [0, 0.05) is 18.5 Å². The van der Waals surface area contributed by atoms with Gasteiger partial charge in [0.1, 0.15) is 5.82 Å². The fourth-order valence-corrected chi connectivity index (χ4v) is 1.58. The zero-order valence-electron chi connectivity index (χ0n) is 9.62. The first kappa shape index (κ1) is 12.7. The third kappa shape index (κ3) is 4.41. The molecule has 0 bridgehead atoms. The van der Waals surface area contributed by atoms with E-state index in [-0.39, 0.29) is 5.82 Å². The lowest BCUT2D eigenvalue weighted by molar-refractivity contribution is 0.314. The zero-order valence-corrected chi connectivity index (χ0v) is 9.62. The monoisotopic (exact) mass is 220 g/mol. The lowest BCUT2D eigenvalue weighted by Crippen LogP contribution is -2.19. The molecule has 0 saturated carbocycles. The van der Waals surface area contributed by atoms with Crippen LogP contribution in [0.3, 0.4) is 0 Å². The molecule has 0 radical (unpaired) electrons. The van der Waals surface area contributed by atoms with E-state index in [4.69, 9.17) is 5.26 Å². The van der Waals surface area contributed by atoms with Crippen molar-refractivity contribution in [1.29, 1.82) is 5.26 Å². The van der Waals surface area contributed by atoms with E-state index in [0.29, 0.717) is 13.0 Å². The van der Waals surface area contributed by atoms with Gasteiger partial charge in [-0.2, -0.15) is 5.26 Å². The zero-order chi connectivity index (χ0) is 11.8. The molecule has 3 heteroatoms. The van der Waals surface area contributed by atoms with Crippen LogP contribution in [-0.2, 0) is 6.54 Å². The van der Waals surface area contributed by atoms with Gasteiger partial charge >= 0.3 is 0 Å². The van der Waals surface area contributed by atoms with Crippen molar-refractivity contribution in [2.45, 2.75) is 25.8 Å². The number of nitrogens with zero attached hydrogens (tertiary/aromatic N) is 2. The first-order chi connectivity index (χ1) is 7.74. The average molecular weight is 220 g/mol. The van der Waals surface area contributed by atoms with Crippen LogP contribution in [0.4, 0.5) is 4.39 Å². The van der Waals surface area contributed by atoms with E-state index >= 15 is 0 Å². The van der Waals surface area contributed by atoms with Crippen LogP contribution in [0.15, 0.2) is 24.3 Å². The second-order valence-electron chi connectivity index (χ2n) is 3.94. The maximum atomic E-state index is 13.3. The van der Waals surface area contributed by atoms with E-state index in [1.54, 1.807) is 12.1 Å². The molecule has 0 saturated heterocycles. The molecule has 0 amide bonds. The fraction of sp³-hybridized carbons (Fsp3) is 0.462. The predicted molar refractivity (Wildman–Crippen MR) is 62.2 cm³/mol. The number of benzene rings is 1. The van der Waals surface area contributed by atoms with Crippen LogP contribution >= 0.6 is 0 Å². The molecule has 0 heterocycles. The summed E-state index contributed by atoms with van der Waals surface area (Å²) in [6.07, 6.45) is 2.50. The SMILES string of the molecule is CN(CCCCC#N)Cc1ccccc1F. The fourth-order valence-electron chi connectivity index (χ4n) is 1.58. The predicted octanol–water partition coefficient (Wildman–Crippen LogP) is 2.95. The normalized spacial score (nSPS) is 10.4. The minimum absolute atomic E-state index is 0.147. The highest BCUT2D eigenvalue weighted by Crippen LogP contribution is 2.09. The van der Waals surface area contributed by atoms with Crippen LogP contribution in [0.5, 0.6) is 0 Å². The quantitative estimate of drug-likeness (QED) is 0.689. The van der Waals surface area contributed by atoms with Crippen LogP contribution < -0.4 is 0 Å². The van der Waals surface area contributed by atoms with E-state index in [2.05, 4.69) is 11.0 Å². The van der Waals surface area contributed by atoms with Gasteiger partial charge in [0.15, 0.2) is 0 Å². The summed E-state index contributed by atoms with van der Waals surface area (Å²) in [5.74, 6) is -0.147. The molecule has 0 unspecified atom stereocenters. The molecule has 0 aromatic heterocycles. The number of unbranched alkanes of at least 4 members (excludes halogenated alkanes) is 2. The lowest BCUT2D eigenvalue weighted by Gasteiger charge is -2.16. The topological polar surface area (TPSA) is 27.0 Å². The summed E-state index contributed by atoms with van der Waals surface area (Å²) in [6, 6.07) is 8.96. The molecule has 0 fully saturated rings. The maximum absolute atomic E-state index is 13.3. The van der Waals surface area contributed by atoms with E-state index < -0.39 is 0 Å².